The maximum atomic E-state index is 6.52. The van der Waals surface area contributed by atoms with Crippen LogP contribution >= 0.6 is 0 Å². The summed E-state index contributed by atoms with van der Waals surface area (Å²) < 4.78 is 6.52. The van der Waals surface area contributed by atoms with E-state index in [9.17, 15) is 0 Å². The summed E-state index contributed by atoms with van der Waals surface area (Å²) in [5, 5.41) is 3.77. The highest BCUT2D eigenvalue weighted by atomic mass is 28.4. The molecule has 0 saturated carbocycles. The summed E-state index contributed by atoms with van der Waals surface area (Å²) in [7, 11) is -1.75. The molecular weight excluding hydrogens is 250 g/mol. The zero-order valence-corrected chi connectivity index (χ0v) is 14.0. The van der Waals surface area contributed by atoms with Crippen LogP contribution in [0.5, 0.6) is 5.75 Å². The number of fused-ring (bicyclic) bond motifs is 1. The molecule has 1 aromatic carbocycles. The van der Waals surface area contributed by atoms with Gasteiger partial charge in [-0.25, -0.2) is 0 Å². The van der Waals surface area contributed by atoms with E-state index in [0.29, 0.717) is 0 Å². The summed E-state index contributed by atoms with van der Waals surface area (Å²) in [5.41, 5.74) is 2.65. The van der Waals surface area contributed by atoms with Crippen LogP contribution in [0, 0.1) is 0 Å². The Kier molecular flexibility index (Phi) is 3.95. The molecule has 0 fully saturated rings. The van der Waals surface area contributed by atoms with Gasteiger partial charge in [-0.1, -0.05) is 26.8 Å². The molecule has 1 aromatic rings. The van der Waals surface area contributed by atoms with Crippen molar-refractivity contribution in [3.8, 4) is 5.75 Å². The highest BCUT2D eigenvalue weighted by Crippen LogP contribution is 2.40. The first-order valence-electron chi connectivity index (χ1n) is 7.36. The Hall–Kier alpha value is -0.963. The third-order valence-electron chi connectivity index (χ3n) is 4.47. The van der Waals surface area contributed by atoms with Gasteiger partial charge in [0, 0.05) is 17.8 Å². The van der Waals surface area contributed by atoms with Crippen LogP contribution in [0.25, 0.3) is 0 Å². The van der Waals surface area contributed by atoms with Gasteiger partial charge in [-0.3, -0.25) is 0 Å². The summed E-state index contributed by atoms with van der Waals surface area (Å²) in [5.74, 6) is 1.11. The molecule has 0 amide bonds. The summed E-state index contributed by atoms with van der Waals surface area (Å²) >= 11 is 0. The normalized spacial score (nSPS) is 16.3. The Morgan fingerprint density at radius 2 is 1.89 bits per heavy atom. The lowest BCUT2D eigenvalue weighted by molar-refractivity contribution is 0.487. The minimum absolute atomic E-state index is 0.244. The molecule has 0 radical (unpaired) electrons. The first-order valence-corrected chi connectivity index (χ1v) is 10.3. The zero-order chi connectivity index (χ0) is 14.1. The van der Waals surface area contributed by atoms with Crippen molar-refractivity contribution in [3.63, 3.8) is 0 Å². The lowest BCUT2D eigenvalue weighted by Gasteiger charge is -2.37. The van der Waals surface area contributed by atoms with Crippen LogP contribution in [-0.2, 0) is 6.42 Å². The van der Waals surface area contributed by atoms with Gasteiger partial charge in [-0.05, 0) is 49.5 Å². The maximum absolute atomic E-state index is 6.52. The fourth-order valence-corrected chi connectivity index (χ4v) is 3.21. The standard InChI is InChI=1S/C16H27NOSi/c1-16(2,3)19(4,5)18-15-11-8-10-14-13(15)9-6-7-12-17-14/h8,10-11,17H,6-7,9,12H2,1-5H3. The smallest absolute Gasteiger partial charge is 0.250 e. The molecule has 0 unspecified atom stereocenters. The van der Waals surface area contributed by atoms with Crippen molar-refractivity contribution in [1.29, 1.82) is 0 Å². The van der Waals surface area contributed by atoms with Crippen molar-refractivity contribution in [2.24, 2.45) is 0 Å². The highest BCUT2D eigenvalue weighted by molar-refractivity contribution is 6.74. The van der Waals surface area contributed by atoms with Crippen molar-refractivity contribution < 1.29 is 4.43 Å². The number of hydrogen-bond acceptors (Lipinski definition) is 2. The first-order chi connectivity index (χ1) is 8.81. The third-order valence-corrected chi connectivity index (χ3v) is 8.82. The number of anilines is 1. The van der Waals surface area contributed by atoms with Gasteiger partial charge in [-0.2, -0.15) is 0 Å². The molecular formula is C16H27NOSi. The van der Waals surface area contributed by atoms with E-state index < -0.39 is 8.32 Å². The van der Waals surface area contributed by atoms with Crippen molar-refractivity contribution >= 4 is 14.0 Å². The van der Waals surface area contributed by atoms with Crippen LogP contribution in [0.1, 0.15) is 39.2 Å². The predicted octanol–water partition coefficient (Wildman–Crippen LogP) is 4.82. The molecule has 19 heavy (non-hydrogen) atoms. The van der Waals surface area contributed by atoms with Gasteiger partial charge in [0.2, 0.25) is 8.32 Å². The number of nitrogens with one attached hydrogen (secondary N) is 1. The van der Waals surface area contributed by atoms with Crippen LogP contribution in [0.4, 0.5) is 5.69 Å². The SMILES string of the molecule is CC(C)(C)[Si](C)(C)Oc1cccc2c1CCCCN2. The van der Waals surface area contributed by atoms with Gasteiger partial charge in [-0.15, -0.1) is 0 Å². The first kappa shape index (κ1) is 14.4. The molecule has 1 aliphatic heterocycles. The Bertz CT molecular complexity index is 449. The van der Waals surface area contributed by atoms with Crippen LogP contribution in [0.2, 0.25) is 18.1 Å². The van der Waals surface area contributed by atoms with Crippen molar-refractivity contribution in [1.82, 2.24) is 0 Å². The van der Waals surface area contributed by atoms with Crippen LogP contribution in [0.3, 0.4) is 0 Å². The number of benzene rings is 1. The summed E-state index contributed by atoms with van der Waals surface area (Å²) in [6.45, 7) is 12.6. The van der Waals surface area contributed by atoms with E-state index in [1.54, 1.807) is 0 Å². The maximum Gasteiger partial charge on any atom is 0.250 e. The van der Waals surface area contributed by atoms with Gasteiger partial charge in [0.05, 0.1) is 0 Å². The van der Waals surface area contributed by atoms with Crippen LogP contribution < -0.4 is 9.74 Å². The topological polar surface area (TPSA) is 21.3 Å². The Morgan fingerprint density at radius 1 is 1.16 bits per heavy atom. The predicted molar refractivity (Wildman–Crippen MR) is 85.7 cm³/mol. The molecule has 0 spiro atoms. The van der Waals surface area contributed by atoms with Crippen molar-refractivity contribution in [2.45, 2.75) is 58.2 Å². The van der Waals surface area contributed by atoms with E-state index in [-0.39, 0.29) is 5.04 Å². The molecule has 1 N–H and O–H groups in total. The molecule has 0 saturated heterocycles. The Balaban J connectivity index is 2.31. The van der Waals surface area contributed by atoms with Gasteiger partial charge < -0.3 is 9.74 Å². The van der Waals surface area contributed by atoms with E-state index in [0.717, 1.165) is 18.7 Å². The van der Waals surface area contributed by atoms with Crippen LogP contribution in [0.15, 0.2) is 18.2 Å². The second-order valence-electron chi connectivity index (χ2n) is 7.03. The lowest BCUT2D eigenvalue weighted by Crippen LogP contribution is -2.44. The quantitative estimate of drug-likeness (QED) is 0.783. The van der Waals surface area contributed by atoms with Crippen molar-refractivity contribution in [3.05, 3.63) is 23.8 Å². The monoisotopic (exact) mass is 277 g/mol. The summed E-state index contributed by atoms with van der Waals surface area (Å²) in [4.78, 5) is 0. The molecule has 0 bridgehead atoms. The molecule has 3 heteroatoms. The average Bonchev–Trinajstić information content (AvgIpc) is 2.52. The van der Waals surface area contributed by atoms with E-state index in [2.05, 4.69) is 57.4 Å². The van der Waals surface area contributed by atoms with E-state index >= 15 is 0 Å². The van der Waals surface area contributed by atoms with E-state index in [1.165, 1.54) is 24.1 Å². The minimum atomic E-state index is -1.75. The lowest BCUT2D eigenvalue weighted by atomic mass is 10.1. The summed E-state index contributed by atoms with van der Waals surface area (Å²) in [6.07, 6.45) is 3.62. The van der Waals surface area contributed by atoms with Crippen molar-refractivity contribution in [2.75, 3.05) is 11.9 Å². The molecule has 1 heterocycles. The third kappa shape index (κ3) is 3.14. The highest BCUT2D eigenvalue weighted by Gasteiger charge is 2.39. The summed E-state index contributed by atoms with van der Waals surface area (Å²) in [6, 6.07) is 6.44. The minimum Gasteiger partial charge on any atom is -0.543 e. The van der Waals surface area contributed by atoms with E-state index in [4.69, 9.17) is 4.43 Å². The fourth-order valence-electron chi connectivity index (χ4n) is 2.16. The largest absolute Gasteiger partial charge is 0.543 e. The molecule has 2 nitrogen and oxygen atoms in total. The molecule has 0 aromatic heterocycles. The van der Waals surface area contributed by atoms with Gasteiger partial charge in [0.15, 0.2) is 0 Å². The Morgan fingerprint density at radius 3 is 2.58 bits per heavy atom. The Labute approximate surface area is 118 Å². The molecule has 2 rings (SSSR count). The fraction of sp³-hybridized carbons (Fsp3) is 0.625. The van der Waals surface area contributed by atoms with Gasteiger partial charge in [0.25, 0.3) is 0 Å². The molecule has 106 valence electrons. The second kappa shape index (κ2) is 5.20. The molecule has 1 aliphatic rings. The van der Waals surface area contributed by atoms with Crippen LogP contribution in [-0.4, -0.2) is 14.9 Å². The second-order valence-corrected chi connectivity index (χ2v) is 11.8. The molecule has 0 aliphatic carbocycles. The van der Waals surface area contributed by atoms with Gasteiger partial charge >= 0.3 is 0 Å². The van der Waals surface area contributed by atoms with Gasteiger partial charge in [0.1, 0.15) is 5.75 Å². The van der Waals surface area contributed by atoms with E-state index in [1.807, 2.05) is 0 Å². The average molecular weight is 277 g/mol. The molecule has 0 atom stereocenters. The number of hydrogen-bond donors (Lipinski definition) is 1. The zero-order valence-electron chi connectivity index (χ0n) is 13.0. The number of rotatable bonds is 2.